The van der Waals surface area contributed by atoms with E-state index < -0.39 is 90.2 Å². The summed E-state index contributed by atoms with van der Waals surface area (Å²) in [6, 6.07) is -1.86. The van der Waals surface area contributed by atoms with E-state index in [1.807, 2.05) is 0 Å². The smallest absolute Gasteiger partial charge is 0.389 e. The van der Waals surface area contributed by atoms with Crippen LogP contribution in [-0.4, -0.2) is 52.8 Å². The standard InChI is InChI=1S/C14H27F9O4Si4/c1-28(2)24-29(3,9-6-12(15,16)17)26-31(5,11-8-14(21,22)23)27-30(4,25-28)10-7-13(18,19)20/h6-11H2,1-5H3. The van der Waals surface area contributed by atoms with Crippen molar-refractivity contribution in [1.82, 2.24) is 0 Å². The van der Waals surface area contributed by atoms with Gasteiger partial charge in [-0.1, -0.05) is 0 Å². The average molecular weight is 543 g/mol. The van der Waals surface area contributed by atoms with Gasteiger partial charge in [0.25, 0.3) is 0 Å². The van der Waals surface area contributed by atoms with Crippen molar-refractivity contribution in [2.24, 2.45) is 0 Å². The van der Waals surface area contributed by atoms with Crippen molar-refractivity contribution in [3.63, 3.8) is 0 Å². The van der Waals surface area contributed by atoms with E-state index in [9.17, 15) is 39.5 Å². The quantitative estimate of drug-likeness (QED) is 0.272. The Hall–Kier alpha value is 0.0775. The Morgan fingerprint density at radius 3 is 0.903 bits per heavy atom. The summed E-state index contributed by atoms with van der Waals surface area (Å²) in [5, 5.41) is 0. The van der Waals surface area contributed by atoms with Crippen molar-refractivity contribution < 1.29 is 56.0 Å². The van der Waals surface area contributed by atoms with E-state index in [4.69, 9.17) is 16.5 Å². The zero-order chi connectivity index (χ0) is 24.6. The number of halogens is 9. The van der Waals surface area contributed by atoms with Crippen LogP contribution in [0, 0.1) is 0 Å². The van der Waals surface area contributed by atoms with Gasteiger partial charge < -0.3 is 16.5 Å². The number of hydrogen-bond donors (Lipinski definition) is 0. The second-order valence-electron chi connectivity index (χ2n) is 8.56. The molecule has 31 heavy (non-hydrogen) atoms. The third-order valence-corrected chi connectivity index (χ3v) is 22.1. The summed E-state index contributed by atoms with van der Waals surface area (Å²) in [4.78, 5) is 0. The summed E-state index contributed by atoms with van der Waals surface area (Å²) in [5.41, 5.74) is 0. The summed E-state index contributed by atoms with van der Waals surface area (Å²) < 4.78 is 139. The van der Waals surface area contributed by atoms with Crippen LogP contribution in [0.15, 0.2) is 0 Å². The molecule has 1 rings (SSSR count). The van der Waals surface area contributed by atoms with Crippen LogP contribution in [0.3, 0.4) is 0 Å². The Bertz CT molecular complexity index is 576. The minimum atomic E-state index is -4.60. The fourth-order valence-electron chi connectivity index (χ4n) is 3.45. The lowest BCUT2D eigenvalue weighted by atomic mass is 10.5. The van der Waals surface area contributed by atoms with Crippen LogP contribution >= 0.6 is 0 Å². The van der Waals surface area contributed by atoms with E-state index in [1.165, 1.54) is 32.7 Å². The lowest BCUT2D eigenvalue weighted by molar-refractivity contribution is -0.132. The van der Waals surface area contributed by atoms with E-state index in [2.05, 4.69) is 0 Å². The van der Waals surface area contributed by atoms with Crippen molar-refractivity contribution in [2.75, 3.05) is 0 Å². The second-order valence-corrected chi connectivity index (χ2v) is 22.9. The molecule has 0 saturated carbocycles. The van der Waals surface area contributed by atoms with Gasteiger partial charge in [-0.3, -0.25) is 0 Å². The highest BCUT2D eigenvalue weighted by Crippen LogP contribution is 2.40. The molecule has 0 aliphatic carbocycles. The van der Waals surface area contributed by atoms with Crippen LogP contribution in [0.2, 0.25) is 50.9 Å². The molecule has 4 nitrogen and oxygen atoms in total. The van der Waals surface area contributed by atoms with E-state index in [-0.39, 0.29) is 0 Å². The van der Waals surface area contributed by atoms with Crippen molar-refractivity contribution in [3.8, 4) is 0 Å². The molecule has 0 N–H and O–H groups in total. The molecule has 0 bridgehead atoms. The van der Waals surface area contributed by atoms with Gasteiger partial charge in [-0.15, -0.1) is 0 Å². The molecule has 0 amide bonds. The average Bonchev–Trinajstić information content (AvgIpc) is 2.45. The van der Waals surface area contributed by atoms with Crippen molar-refractivity contribution in [2.45, 2.75) is 88.7 Å². The van der Waals surface area contributed by atoms with Gasteiger partial charge in [0.1, 0.15) is 0 Å². The summed E-state index contributed by atoms with van der Waals surface area (Å²) in [6.45, 7) is 6.75. The first-order valence-electron chi connectivity index (χ1n) is 9.46. The summed E-state index contributed by atoms with van der Waals surface area (Å²) in [5.74, 6) is 0. The molecule has 1 saturated heterocycles. The largest absolute Gasteiger partial charge is 0.416 e. The van der Waals surface area contributed by atoms with Crippen molar-refractivity contribution in [1.29, 1.82) is 0 Å². The monoisotopic (exact) mass is 542 g/mol. The number of hydrogen-bond acceptors (Lipinski definition) is 4. The zero-order valence-corrected chi connectivity index (χ0v) is 21.8. The lowest BCUT2D eigenvalue weighted by Crippen LogP contribution is -2.66. The predicted octanol–water partition coefficient (Wildman–Crippen LogP) is 6.84. The molecule has 2 atom stereocenters. The SMILES string of the molecule is C[Si]1(C)O[Si](C)(CCC(F)(F)F)O[Si](C)(CCC(F)(F)F)O[Si](C)(CCC(F)(F)F)O1. The van der Waals surface area contributed by atoms with Crippen LogP contribution in [0.4, 0.5) is 39.5 Å². The molecule has 0 aromatic carbocycles. The first-order chi connectivity index (χ1) is 13.4. The fraction of sp³-hybridized carbons (Fsp3) is 1.00. The topological polar surface area (TPSA) is 36.9 Å². The van der Waals surface area contributed by atoms with Gasteiger partial charge in [0, 0.05) is 19.3 Å². The van der Waals surface area contributed by atoms with Crippen LogP contribution in [-0.2, 0) is 16.5 Å². The molecular formula is C14H27F9O4Si4. The van der Waals surface area contributed by atoms with E-state index in [0.29, 0.717) is 0 Å². The van der Waals surface area contributed by atoms with Gasteiger partial charge in [-0.25, -0.2) is 0 Å². The molecule has 0 aromatic heterocycles. The fourth-order valence-corrected chi connectivity index (χ4v) is 25.9. The molecule has 1 aliphatic rings. The Balaban J connectivity index is 3.27. The molecule has 1 fully saturated rings. The highest BCUT2D eigenvalue weighted by molar-refractivity contribution is 6.93. The minimum Gasteiger partial charge on any atom is -0.416 e. The first-order valence-corrected chi connectivity index (χ1v) is 19.8. The summed E-state index contributed by atoms with van der Waals surface area (Å²) in [7, 11) is -14.7. The number of alkyl halides is 9. The normalized spacial score (nSPS) is 33.1. The zero-order valence-electron chi connectivity index (χ0n) is 17.8. The molecule has 186 valence electrons. The number of rotatable bonds is 6. The summed E-state index contributed by atoms with van der Waals surface area (Å²) >= 11 is 0. The highest BCUT2D eigenvalue weighted by atomic mass is 28.5. The van der Waals surface area contributed by atoms with Gasteiger partial charge in [0.05, 0.1) is 0 Å². The molecule has 1 aliphatic heterocycles. The van der Waals surface area contributed by atoms with Crippen molar-refractivity contribution >= 4 is 34.2 Å². The molecule has 0 spiro atoms. The van der Waals surface area contributed by atoms with Crippen LogP contribution in [0.1, 0.15) is 19.3 Å². The first kappa shape index (κ1) is 29.1. The molecule has 1 heterocycles. The Morgan fingerprint density at radius 1 is 0.452 bits per heavy atom. The van der Waals surface area contributed by atoms with Gasteiger partial charge in [0.2, 0.25) is 0 Å². The summed E-state index contributed by atoms with van der Waals surface area (Å²) in [6.07, 6.45) is -17.6. The van der Waals surface area contributed by atoms with Gasteiger partial charge in [-0.05, 0) is 50.9 Å². The third kappa shape index (κ3) is 11.7. The minimum absolute atomic E-state index is 0.588. The Labute approximate surface area is 179 Å². The van der Waals surface area contributed by atoms with Gasteiger partial charge >= 0.3 is 52.8 Å². The van der Waals surface area contributed by atoms with E-state index >= 15 is 0 Å². The maximum Gasteiger partial charge on any atom is 0.389 e. The predicted molar refractivity (Wildman–Crippen MR) is 103 cm³/mol. The Kier molecular flexibility index (Phi) is 8.81. The maximum atomic E-state index is 12.9. The van der Waals surface area contributed by atoms with Crippen molar-refractivity contribution in [3.05, 3.63) is 0 Å². The van der Waals surface area contributed by atoms with Crippen LogP contribution < -0.4 is 0 Å². The highest BCUT2D eigenvalue weighted by Gasteiger charge is 2.57. The Morgan fingerprint density at radius 2 is 0.677 bits per heavy atom. The van der Waals surface area contributed by atoms with Crippen LogP contribution in [0.25, 0.3) is 0 Å². The third-order valence-electron chi connectivity index (χ3n) is 4.37. The lowest BCUT2D eigenvalue weighted by Gasteiger charge is -2.49. The van der Waals surface area contributed by atoms with Gasteiger partial charge in [0.15, 0.2) is 0 Å². The second kappa shape index (κ2) is 9.38. The molecule has 0 aromatic rings. The van der Waals surface area contributed by atoms with E-state index in [0.717, 1.165) is 0 Å². The van der Waals surface area contributed by atoms with E-state index in [1.54, 1.807) is 0 Å². The van der Waals surface area contributed by atoms with Gasteiger partial charge in [-0.2, -0.15) is 39.5 Å². The maximum absolute atomic E-state index is 12.9. The molecular weight excluding hydrogens is 515 g/mol. The molecule has 17 heteroatoms. The van der Waals surface area contributed by atoms with Crippen LogP contribution in [0.5, 0.6) is 0 Å². The molecule has 0 radical (unpaired) electrons. The molecule has 2 unspecified atom stereocenters.